The second-order valence-corrected chi connectivity index (χ2v) is 4.67. The summed E-state index contributed by atoms with van der Waals surface area (Å²) >= 11 is 1.80. The van der Waals surface area contributed by atoms with Gasteiger partial charge in [0.15, 0.2) is 5.65 Å². The lowest BCUT2D eigenvalue weighted by molar-refractivity contribution is 0.644. The molecule has 0 unspecified atom stereocenters. The number of nitrogens with two attached hydrogens (primary N) is 1. The van der Waals surface area contributed by atoms with Crippen LogP contribution in [-0.4, -0.2) is 31.3 Å². The summed E-state index contributed by atoms with van der Waals surface area (Å²) in [7, 11) is 0. The zero-order valence-electron chi connectivity index (χ0n) is 9.90. The van der Waals surface area contributed by atoms with Crippen molar-refractivity contribution in [2.45, 2.75) is 26.9 Å². The minimum atomic E-state index is 0.590. The first-order chi connectivity index (χ1) is 7.69. The van der Waals surface area contributed by atoms with Crippen molar-refractivity contribution in [2.75, 3.05) is 17.7 Å². The molecule has 0 bridgehead atoms. The van der Waals surface area contributed by atoms with Gasteiger partial charge in [-0.1, -0.05) is 0 Å². The summed E-state index contributed by atoms with van der Waals surface area (Å²) in [6.45, 7) is 5.77. The SMILES string of the molecule is CCn1nc(C)c2nc(N)n(CCSC)c21. The average molecular weight is 239 g/mol. The smallest absolute Gasteiger partial charge is 0.202 e. The van der Waals surface area contributed by atoms with E-state index in [0.717, 1.165) is 35.7 Å². The van der Waals surface area contributed by atoms with Crippen molar-refractivity contribution in [3.63, 3.8) is 0 Å². The van der Waals surface area contributed by atoms with Crippen LogP contribution in [-0.2, 0) is 13.1 Å². The first kappa shape index (κ1) is 11.3. The lowest BCUT2D eigenvalue weighted by Gasteiger charge is -2.06. The van der Waals surface area contributed by atoms with Gasteiger partial charge < -0.3 is 5.73 Å². The average Bonchev–Trinajstić information content (AvgIpc) is 2.74. The molecular formula is C10H17N5S. The Bertz CT molecular complexity index is 499. The molecule has 2 heterocycles. The van der Waals surface area contributed by atoms with Gasteiger partial charge in [-0.2, -0.15) is 16.9 Å². The molecule has 0 atom stereocenters. The van der Waals surface area contributed by atoms with Crippen LogP contribution in [0.5, 0.6) is 0 Å². The van der Waals surface area contributed by atoms with E-state index in [1.165, 1.54) is 0 Å². The molecule has 5 nitrogen and oxygen atoms in total. The number of aromatic nitrogens is 4. The van der Waals surface area contributed by atoms with Crippen molar-refractivity contribution in [1.29, 1.82) is 0 Å². The second-order valence-electron chi connectivity index (χ2n) is 3.69. The Morgan fingerprint density at radius 3 is 2.81 bits per heavy atom. The van der Waals surface area contributed by atoms with Crippen LogP contribution in [0.1, 0.15) is 12.6 Å². The highest BCUT2D eigenvalue weighted by Gasteiger charge is 2.15. The maximum absolute atomic E-state index is 5.93. The monoisotopic (exact) mass is 239 g/mol. The summed E-state index contributed by atoms with van der Waals surface area (Å²) in [6.07, 6.45) is 2.09. The van der Waals surface area contributed by atoms with Crippen molar-refractivity contribution in [3.8, 4) is 0 Å². The first-order valence-electron chi connectivity index (χ1n) is 5.37. The van der Waals surface area contributed by atoms with Crippen molar-refractivity contribution in [1.82, 2.24) is 19.3 Å². The molecule has 2 rings (SSSR count). The third-order valence-corrected chi connectivity index (χ3v) is 3.24. The van der Waals surface area contributed by atoms with Crippen LogP contribution in [0.3, 0.4) is 0 Å². The standard InChI is InChI=1S/C10H17N5S/c1-4-15-9-8(7(2)13-15)12-10(11)14(9)5-6-16-3/h4-6H2,1-3H3,(H2,11,12). The lowest BCUT2D eigenvalue weighted by Crippen LogP contribution is -2.09. The minimum absolute atomic E-state index is 0.590. The molecule has 2 aromatic heterocycles. The Kier molecular flexibility index (Phi) is 3.09. The fourth-order valence-corrected chi connectivity index (χ4v) is 2.23. The van der Waals surface area contributed by atoms with Crippen LogP contribution < -0.4 is 5.73 Å². The van der Waals surface area contributed by atoms with Gasteiger partial charge in [-0.15, -0.1) is 0 Å². The van der Waals surface area contributed by atoms with Crippen molar-refractivity contribution in [2.24, 2.45) is 0 Å². The van der Waals surface area contributed by atoms with Gasteiger partial charge in [0.1, 0.15) is 5.52 Å². The normalized spacial score (nSPS) is 11.4. The third kappa shape index (κ3) is 1.67. The van der Waals surface area contributed by atoms with E-state index in [1.807, 2.05) is 11.6 Å². The minimum Gasteiger partial charge on any atom is -0.369 e. The molecule has 0 aliphatic heterocycles. The number of aryl methyl sites for hydroxylation is 3. The van der Waals surface area contributed by atoms with E-state index in [2.05, 4.69) is 27.8 Å². The van der Waals surface area contributed by atoms with E-state index in [0.29, 0.717) is 5.95 Å². The van der Waals surface area contributed by atoms with Gasteiger partial charge in [0, 0.05) is 18.8 Å². The summed E-state index contributed by atoms with van der Waals surface area (Å²) in [5, 5.41) is 4.45. The van der Waals surface area contributed by atoms with Crippen LogP contribution in [0.2, 0.25) is 0 Å². The van der Waals surface area contributed by atoms with Crippen molar-refractivity contribution in [3.05, 3.63) is 5.69 Å². The largest absolute Gasteiger partial charge is 0.369 e. The quantitative estimate of drug-likeness (QED) is 0.878. The van der Waals surface area contributed by atoms with Gasteiger partial charge in [-0.05, 0) is 20.1 Å². The molecule has 0 amide bonds. The summed E-state index contributed by atoms with van der Waals surface area (Å²) in [5.74, 6) is 1.62. The highest BCUT2D eigenvalue weighted by Crippen LogP contribution is 2.21. The van der Waals surface area contributed by atoms with E-state index in [4.69, 9.17) is 5.73 Å². The number of nitrogen functional groups attached to an aromatic ring is 1. The molecule has 0 fully saturated rings. The van der Waals surface area contributed by atoms with E-state index < -0.39 is 0 Å². The number of nitrogens with zero attached hydrogens (tertiary/aromatic N) is 4. The number of thioether (sulfide) groups is 1. The molecule has 0 aliphatic carbocycles. The first-order valence-corrected chi connectivity index (χ1v) is 6.76. The highest BCUT2D eigenvalue weighted by molar-refractivity contribution is 7.98. The number of hydrogen-bond donors (Lipinski definition) is 1. The van der Waals surface area contributed by atoms with Gasteiger partial charge in [-0.25, -0.2) is 9.67 Å². The number of anilines is 1. The lowest BCUT2D eigenvalue weighted by atomic mass is 10.4. The van der Waals surface area contributed by atoms with Crippen LogP contribution in [0.4, 0.5) is 5.95 Å². The molecule has 0 spiro atoms. The summed E-state index contributed by atoms with van der Waals surface area (Å²) in [6, 6.07) is 0. The zero-order chi connectivity index (χ0) is 11.7. The van der Waals surface area contributed by atoms with E-state index >= 15 is 0 Å². The Morgan fingerprint density at radius 2 is 2.19 bits per heavy atom. The van der Waals surface area contributed by atoms with Crippen molar-refractivity contribution >= 4 is 28.9 Å². The molecule has 88 valence electrons. The Labute approximate surface area is 99.0 Å². The molecule has 6 heteroatoms. The van der Waals surface area contributed by atoms with E-state index in [1.54, 1.807) is 11.8 Å². The van der Waals surface area contributed by atoms with Crippen LogP contribution in [0.15, 0.2) is 0 Å². The van der Waals surface area contributed by atoms with Crippen molar-refractivity contribution < 1.29 is 0 Å². The van der Waals surface area contributed by atoms with E-state index in [-0.39, 0.29) is 0 Å². The molecule has 0 aliphatic rings. The fraction of sp³-hybridized carbons (Fsp3) is 0.600. The van der Waals surface area contributed by atoms with Crippen LogP contribution in [0.25, 0.3) is 11.2 Å². The molecule has 2 N–H and O–H groups in total. The highest BCUT2D eigenvalue weighted by atomic mass is 32.2. The molecule has 2 aromatic rings. The molecule has 0 saturated heterocycles. The summed E-state index contributed by atoms with van der Waals surface area (Å²) in [4.78, 5) is 4.38. The molecule has 0 aromatic carbocycles. The Morgan fingerprint density at radius 1 is 1.44 bits per heavy atom. The van der Waals surface area contributed by atoms with Gasteiger partial charge in [0.05, 0.1) is 5.69 Å². The topological polar surface area (TPSA) is 61.7 Å². The molecule has 0 saturated carbocycles. The van der Waals surface area contributed by atoms with Gasteiger partial charge in [0.2, 0.25) is 5.95 Å². The number of rotatable bonds is 4. The maximum atomic E-state index is 5.93. The number of fused-ring (bicyclic) bond motifs is 1. The Balaban J connectivity index is 2.56. The fourth-order valence-electron chi connectivity index (χ4n) is 1.86. The number of hydrogen-bond acceptors (Lipinski definition) is 4. The predicted octanol–water partition coefficient (Wildman–Crippen LogP) is 1.51. The molecule has 0 radical (unpaired) electrons. The molecule has 16 heavy (non-hydrogen) atoms. The van der Waals surface area contributed by atoms with Gasteiger partial charge in [-0.3, -0.25) is 4.57 Å². The molecular weight excluding hydrogens is 222 g/mol. The Hall–Kier alpha value is -1.17. The van der Waals surface area contributed by atoms with Gasteiger partial charge in [0.25, 0.3) is 0 Å². The number of imidazole rings is 1. The van der Waals surface area contributed by atoms with Crippen LogP contribution >= 0.6 is 11.8 Å². The van der Waals surface area contributed by atoms with E-state index in [9.17, 15) is 0 Å². The van der Waals surface area contributed by atoms with Crippen LogP contribution in [0, 0.1) is 6.92 Å². The second kappa shape index (κ2) is 4.37. The zero-order valence-corrected chi connectivity index (χ0v) is 10.7. The predicted molar refractivity (Wildman–Crippen MR) is 68.7 cm³/mol. The third-order valence-electron chi connectivity index (χ3n) is 2.65. The maximum Gasteiger partial charge on any atom is 0.202 e. The van der Waals surface area contributed by atoms with Gasteiger partial charge >= 0.3 is 0 Å². The summed E-state index contributed by atoms with van der Waals surface area (Å²) in [5.41, 5.74) is 8.86. The summed E-state index contributed by atoms with van der Waals surface area (Å²) < 4.78 is 4.02.